The van der Waals surface area contributed by atoms with Crippen molar-refractivity contribution in [2.75, 3.05) is 11.6 Å². The van der Waals surface area contributed by atoms with Crippen LogP contribution in [0.15, 0.2) is 66.9 Å². The van der Waals surface area contributed by atoms with Crippen molar-refractivity contribution >= 4 is 17.7 Å². The molecule has 0 fully saturated rings. The summed E-state index contributed by atoms with van der Waals surface area (Å²) in [5, 5.41) is 9.98. The molecule has 0 saturated heterocycles. The zero-order chi connectivity index (χ0) is 19.1. The molecule has 0 aliphatic heterocycles. The van der Waals surface area contributed by atoms with E-state index in [1.807, 2.05) is 74.6 Å². The van der Waals surface area contributed by atoms with Crippen LogP contribution in [-0.2, 0) is 11.3 Å². The van der Waals surface area contributed by atoms with E-state index < -0.39 is 0 Å². The molecule has 27 heavy (non-hydrogen) atoms. The van der Waals surface area contributed by atoms with Gasteiger partial charge in [-0.2, -0.15) is 0 Å². The van der Waals surface area contributed by atoms with E-state index in [0.717, 1.165) is 11.3 Å². The Morgan fingerprint density at radius 2 is 1.89 bits per heavy atom. The molecule has 1 amide bonds. The zero-order valence-corrected chi connectivity index (χ0v) is 15.5. The Balaban J connectivity index is 1.58. The van der Waals surface area contributed by atoms with Gasteiger partial charge in [-0.25, -0.2) is 4.68 Å². The number of aryl methyl sites for hydroxylation is 1. The largest absolute Gasteiger partial charge is 0.286 e. The number of carbonyl (C=O) groups is 1. The Morgan fingerprint density at radius 3 is 2.59 bits per heavy atom. The van der Waals surface area contributed by atoms with Crippen LogP contribution in [0.1, 0.15) is 23.7 Å². The highest BCUT2D eigenvalue weighted by atomic mass is 16.2. The molecule has 1 aromatic heterocycles. The summed E-state index contributed by atoms with van der Waals surface area (Å²) in [5.41, 5.74) is 6.78. The van der Waals surface area contributed by atoms with Gasteiger partial charge in [0.15, 0.2) is 0 Å². The summed E-state index contributed by atoms with van der Waals surface area (Å²) < 4.78 is 1.75. The molecule has 0 aliphatic carbocycles. The van der Waals surface area contributed by atoms with Gasteiger partial charge in [0, 0.05) is 12.6 Å². The van der Waals surface area contributed by atoms with Gasteiger partial charge in [-0.05, 0) is 37.6 Å². The van der Waals surface area contributed by atoms with E-state index >= 15 is 0 Å². The molecule has 0 saturated carbocycles. The predicted octanol–water partition coefficient (Wildman–Crippen LogP) is 3.21. The molecule has 0 radical (unpaired) electrons. The topological polar surface area (TPSA) is 63.1 Å². The van der Waals surface area contributed by atoms with E-state index in [9.17, 15) is 4.79 Å². The first kappa shape index (κ1) is 18.4. The maximum absolute atomic E-state index is 12.2. The van der Waals surface area contributed by atoms with Crippen molar-refractivity contribution in [1.29, 1.82) is 0 Å². The molecule has 3 rings (SSSR count). The number of aromatic nitrogens is 3. The summed E-state index contributed by atoms with van der Waals surface area (Å²) in [6.45, 7) is 5.33. The summed E-state index contributed by atoms with van der Waals surface area (Å²) in [6.07, 6.45) is 4.94. The van der Waals surface area contributed by atoms with Gasteiger partial charge in [0.25, 0.3) is 5.91 Å². The molecular formula is C21H23N5O. The Bertz CT molecular complexity index is 900. The van der Waals surface area contributed by atoms with Gasteiger partial charge < -0.3 is 0 Å². The minimum Gasteiger partial charge on any atom is -0.286 e. The highest BCUT2D eigenvalue weighted by molar-refractivity contribution is 5.92. The van der Waals surface area contributed by atoms with Gasteiger partial charge >= 0.3 is 0 Å². The first-order valence-corrected chi connectivity index (χ1v) is 8.91. The zero-order valence-electron chi connectivity index (χ0n) is 15.5. The molecular weight excluding hydrogens is 338 g/mol. The van der Waals surface area contributed by atoms with Gasteiger partial charge in [-0.1, -0.05) is 53.2 Å². The van der Waals surface area contributed by atoms with Gasteiger partial charge in [-0.3, -0.25) is 15.2 Å². The van der Waals surface area contributed by atoms with E-state index in [0.29, 0.717) is 18.8 Å². The summed E-state index contributed by atoms with van der Waals surface area (Å²) in [6, 6.07) is 18.0. The quantitative estimate of drug-likeness (QED) is 0.518. The molecule has 138 valence electrons. The van der Waals surface area contributed by atoms with Crippen LogP contribution in [0, 0.1) is 6.92 Å². The highest BCUT2D eigenvalue weighted by Crippen LogP contribution is 2.13. The Hall–Kier alpha value is -3.41. The average molecular weight is 361 g/mol. The van der Waals surface area contributed by atoms with Gasteiger partial charge in [-0.15, -0.1) is 5.10 Å². The third-order valence-corrected chi connectivity index (χ3v) is 4.06. The normalized spacial score (nSPS) is 10.9. The Labute approximate surface area is 159 Å². The molecule has 0 atom stereocenters. The standard InChI is InChI=1S/C21H23N5O/c1-3-26(20-12-9-17(2)10-13-20)23-21(27)14-11-19-16-25(24-22-19)15-18-7-5-4-6-8-18/h4-14,16H,3,15H2,1-2H3,(H,23,27)/b14-11+. The predicted molar refractivity (Wildman–Crippen MR) is 107 cm³/mol. The lowest BCUT2D eigenvalue weighted by Crippen LogP contribution is -2.41. The number of rotatable bonds is 7. The van der Waals surface area contributed by atoms with E-state index in [-0.39, 0.29) is 5.91 Å². The second-order valence-corrected chi connectivity index (χ2v) is 6.22. The van der Waals surface area contributed by atoms with E-state index in [2.05, 4.69) is 15.7 Å². The minimum absolute atomic E-state index is 0.213. The maximum atomic E-state index is 12.2. The van der Waals surface area contributed by atoms with Crippen molar-refractivity contribution in [3.63, 3.8) is 0 Å². The van der Waals surface area contributed by atoms with Crippen LogP contribution in [-0.4, -0.2) is 27.4 Å². The van der Waals surface area contributed by atoms with E-state index in [4.69, 9.17) is 0 Å². The van der Waals surface area contributed by atoms with Crippen LogP contribution in [0.2, 0.25) is 0 Å². The minimum atomic E-state index is -0.213. The monoisotopic (exact) mass is 361 g/mol. The highest BCUT2D eigenvalue weighted by Gasteiger charge is 2.06. The summed E-state index contributed by atoms with van der Waals surface area (Å²) in [7, 11) is 0. The number of anilines is 1. The molecule has 6 heteroatoms. The number of nitrogens with one attached hydrogen (secondary N) is 1. The van der Waals surface area contributed by atoms with Crippen LogP contribution in [0.4, 0.5) is 5.69 Å². The number of nitrogens with zero attached hydrogens (tertiary/aromatic N) is 4. The molecule has 0 aliphatic rings. The van der Waals surface area contributed by atoms with Crippen molar-refractivity contribution in [2.24, 2.45) is 0 Å². The fourth-order valence-electron chi connectivity index (χ4n) is 2.62. The van der Waals surface area contributed by atoms with Crippen LogP contribution < -0.4 is 10.4 Å². The molecule has 0 bridgehead atoms. The van der Waals surface area contributed by atoms with Crippen molar-refractivity contribution in [1.82, 2.24) is 20.4 Å². The number of benzene rings is 2. The summed E-state index contributed by atoms with van der Waals surface area (Å²) >= 11 is 0. The van der Waals surface area contributed by atoms with Gasteiger partial charge in [0.05, 0.1) is 18.4 Å². The first-order valence-electron chi connectivity index (χ1n) is 8.91. The fourth-order valence-corrected chi connectivity index (χ4v) is 2.62. The number of amides is 1. The van der Waals surface area contributed by atoms with Crippen LogP contribution in [0.5, 0.6) is 0 Å². The van der Waals surface area contributed by atoms with Gasteiger partial charge in [0.1, 0.15) is 5.69 Å². The summed E-state index contributed by atoms with van der Waals surface area (Å²) in [5.74, 6) is -0.213. The number of hydrogen-bond acceptors (Lipinski definition) is 4. The molecule has 2 aromatic carbocycles. The molecule has 6 nitrogen and oxygen atoms in total. The third-order valence-electron chi connectivity index (χ3n) is 4.06. The number of carbonyl (C=O) groups excluding carboxylic acids is 1. The van der Waals surface area contributed by atoms with Gasteiger partial charge in [0.2, 0.25) is 0 Å². The average Bonchev–Trinajstić information content (AvgIpc) is 3.13. The van der Waals surface area contributed by atoms with E-state index in [1.165, 1.54) is 11.6 Å². The second-order valence-electron chi connectivity index (χ2n) is 6.22. The molecule has 0 unspecified atom stereocenters. The Kier molecular flexibility index (Phi) is 5.99. The van der Waals surface area contributed by atoms with Crippen LogP contribution in [0.25, 0.3) is 6.08 Å². The fraction of sp³-hybridized carbons (Fsp3) is 0.190. The van der Waals surface area contributed by atoms with Crippen molar-refractivity contribution in [3.8, 4) is 0 Å². The van der Waals surface area contributed by atoms with Crippen molar-refractivity contribution in [3.05, 3.63) is 83.7 Å². The smallest absolute Gasteiger partial charge is 0.262 e. The lowest BCUT2D eigenvalue weighted by molar-refractivity contribution is -0.116. The molecule has 1 heterocycles. The van der Waals surface area contributed by atoms with Crippen LogP contribution >= 0.6 is 0 Å². The van der Waals surface area contributed by atoms with E-state index in [1.54, 1.807) is 15.8 Å². The summed E-state index contributed by atoms with van der Waals surface area (Å²) in [4.78, 5) is 12.2. The van der Waals surface area contributed by atoms with Crippen molar-refractivity contribution in [2.45, 2.75) is 20.4 Å². The lowest BCUT2D eigenvalue weighted by Gasteiger charge is -2.23. The molecule has 3 aromatic rings. The number of hydrogen-bond donors (Lipinski definition) is 1. The van der Waals surface area contributed by atoms with Crippen molar-refractivity contribution < 1.29 is 4.79 Å². The SMILES string of the molecule is CCN(NC(=O)/C=C/c1cn(Cc2ccccc2)nn1)c1ccc(C)cc1. The molecule has 0 spiro atoms. The van der Waals surface area contributed by atoms with Crippen LogP contribution in [0.3, 0.4) is 0 Å². The second kappa shape index (κ2) is 8.80. The number of hydrazine groups is 1. The third kappa shape index (κ3) is 5.28. The first-order chi connectivity index (χ1) is 13.1. The molecule has 1 N–H and O–H groups in total. The maximum Gasteiger partial charge on any atom is 0.262 e. The lowest BCUT2D eigenvalue weighted by atomic mass is 10.2. The Morgan fingerprint density at radius 1 is 1.15 bits per heavy atom.